The number of methoxy groups -OCH3 is 1. The Morgan fingerprint density at radius 3 is 2.64 bits per heavy atom. The number of amidine groups is 1. The highest BCUT2D eigenvalue weighted by Gasteiger charge is 2.54. The van der Waals surface area contributed by atoms with E-state index in [1.807, 2.05) is 59.5 Å². The maximum atomic E-state index is 13.4. The van der Waals surface area contributed by atoms with Crippen LogP contribution in [0.15, 0.2) is 59.6 Å². The first kappa shape index (κ1) is 21.5. The number of carbonyl (C=O) groups is 2. The van der Waals surface area contributed by atoms with Gasteiger partial charge in [0.15, 0.2) is 0 Å². The third kappa shape index (κ3) is 3.96. The van der Waals surface area contributed by atoms with Crippen molar-refractivity contribution >= 4 is 23.5 Å². The predicted octanol–water partition coefficient (Wildman–Crippen LogP) is 4.24. The molecule has 1 saturated carbocycles. The largest absolute Gasteiger partial charge is 0.497 e. The molecule has 2 heterocycles. The molecule has 0 aromatic heterocycles. The molecule has 3 aliphatic rings. The summed E-state index contributed by atoms with van der Waals surface area (Å²) in [6, 6.07) is 16.9. The highest BCUT2D eigenvalue weighted by atomic mass is 16.5. The number of carbonyl (C=O) groups excluding carboxylic acids is 2. The first-order valence-electron chi connectivity index (χ1n) is 11.8. The molecule has 1 aliphatic carbocycles. The van der Waals surface area contributed by atoms with Gasteiger partial charge in [0.1, 0.15) is 17.1 Å². The number of ether oxygens (including phenoxy) is 1. The first-order valence-corrected chi connectivity index (χ1v) is 11.8. The number of nitrogens with one attached hydrogen (secondary N) is 1. The Morgan fingerprint density at radius 1 is 1.09 bits per heavy atom. The van der Waals surface area contributed by atoms with Gasteiger partial charge in [-0.3, -0.25) is 20.0 Å². The van der Waals surface area contributed by atoms with Crippen molar-refractivity contribution in [3.8, 4) is 5.75 Å². The van der Waals surface area contributed by atoms with Gasteiger partial charge in [-0.15, -0.1) is 0 Å². The number of aliphatic imine (C=N–C) groups is 1. The van der Waals surface area contributed by atoms with Crippen molar-refractivity contribution in [1.82, 2.24) is 10.2 Å². The number of urea groups is 1. The SMILES string of the molecule is COc1cccc(N2C(=O)NC(=NC3CCCC3)C23CCCN(C(=O)c2ccccc2)C3)c1. The fourth-order valence-corrected chi connectivity index (χ4v) is 5.40. The van der Waals surface area contributed by atoms with E-state index in [-0.39, 0.29) is 18.0 Å². The van der Waals surface area contributed by atoms with Gasteiger partial charge in [-0.05, 0) is 49.9 Å². The van der Waals surface area contributed by atoms with Gasteiger partial charge in [-0.2, -0.15) is 0 Å². The van der Waals surface area contributed by atoms with E-state index in [2.05, 4.69) is 5.32 Å². The van der Waals surface area contributed by atoms with Crippen molar-refractivity contribution in [3.05, 3.63) is 60.2 Å². The quantitative estimate of drug-likeness (QED) is 0.763. The Morgan fingerprint density at radius 2 is 1.88 bits per heavy atom. The normalized spacial score (nSPS) is 24.5. The van der Waals surface area contributed by atoms with Crippen molar-refractivity contribution in [1.29, 1.82) is 0 Å². The van der Waals surface area contributed by atoms with Crippen LogP contribution >= 0.6 is 0 Å². The summed E-state index contributed by atoms with van der Waals surface area (Å²) in [5.74, 6) is 1.37. The Hall–Kier alpha value is -3.35. The van der Waals surface area contributed by atoms with Gasteiger partial charge in [0.2, 0.25) is 0 Å². The zero-order chi connectivity index (χ0) is 22.8. The molecule has 3 amide bonds. The topological polar surface area (TPSA) is 74.2 Å². The molecular weight excluding hydrogens is 416 g/mol. The van der Waals surface area contributed by atoms with Crippen LogP contribution in [0.2, 0.25) is 0 Å². The monoisotopic (exact) mass is 446 g/mol. The molecule has 1 spiro atoms. The van der Waals surface area contributed by atoms with Crippen LogP contribution in [0.25, 0.3) is 0 Å². The Kier molecular flexibility index (Phi) is 5.79. The predicted molar refractivity (Wildman–Crippen MR) is 128 cm³/mol. The number of nitrogens with zero attached hydrogens (tertiary/aromatic N) is 3. The van der Waals surface area contributed by atoms with Gasteiger partial charge >= 0.3 is 6.03 Å². The van der Waals surface area contributed by atoms with E-state index in [4.69, 9.17) is 9.73 Å². The molecule has 2 aromatic carbocycles. The lowest BCUT2D eigenvalue weighted by molar-refractivity contribution is 0.0686. The molecule has 7 nitrogen and oxygen atoms in total. The number of anilines is 1. The standard InChI is InChI=1S/C26H30N4O3/c1-33-22-14-7-13-21(17-22)30-25(32)28-24(27-20-11-5-6-12-20)26(30)15-8-16-29(18-26)23(31)19-9-3-2-4-10-19/h2-4,7,9-10,13-14,17,20H,5-6,8,11-12,15-16,18H2,1H3,(H,27,28,32). The minimum absolute atomic E-state index is 0.0140. The van der Waals surface area contributed by atoms with E-state index in [1.54, 1.807) is 12.0 Å². The summed E-state index contributed by atoms with van der Waals surface area (Å²) in [5.41, 5.74) is 0.695. The number of hydrogen-bond acceptors (Lipinski definition) is 4. The van der Waals surface area contributed by atoms with Crippen molar-refractivity contribution < 1.29 is 14.3 Å². The minimum Gasteiger partial charge on any atom is -0.497 e. The Balaban J connectivity index is 1.56. The average molecular weight is 447 g/mol. The molecular formula is C26H30N4O3. The van der Waals surface area contributed by atoms with Crippen LogP contribution in [0, 0.1) is 0 Å². The molecule has 0 radical (unpaired) electrons. The van der Waals surface area contributed by atoms with Gasteiger partial charge < -0.3 is 9.64 Å². The summed E-state index contributed by atoms with van der Waals surface area (Å²) in [5, 5.41) is 3.08. The highest BCUT2D eigenvalue weighted by molar-refractivity contribution is 6.19. The van der Waals surface area contributed by atoms with Crippen LogP contribution in [0.1, 0.15) is 48.9 Å². The fraction of sp³-hybridized carbons (Fsp3) is 0.423. The van der Waals surface area contributed by atoms with E-state index in [0.29, 0.717) is 30.2 Å². The van der Waals surface area contributed by atoms with Crippen molar-refractivity contribution in [3.63, 3.8) is 0 Å². The smallest absolute Gasteiger partial charge is 0.328 e. The minimum atomic E-state index is -0.714. The summed E-state index contributed by atoms with van der Waals surface area (Å²) in [4.78, 5) is 35.5. The van der Waals surface area contributed by atoms with Crippen LogP contribution in [0.5, 0.6) is 5.75 Å². The molecule has 33 heavy (non-hydrogen) atoms. The van der Waals surface area contributed by atoms with Crippen LogP contribution in [-0.4, -0.2) is 54.5 Å². The molecule has 1 unspecified atom stereocenters. The maximum Gasteiger partial charge on any atom is 0.328 e. The number of rotatable bonds is 4. The van der Waals surface area contributed by atoms with E-state index in [9.17, 15) is 9.59 Å². The summed E-state index contributed by atoms with van der Waals surface area (Å²) in [7, 11) is 1.62. The van der Waals surface area contributed by atoms with Gasteiger partial charge in [-0.25, -0.2) is 4.79 Å². The second kappa shape index (κ2) is 8.89. The summed E-state index contributed by atoms with van der Waals surface area (Å²) in [6.45, 7) is 1.06. The van der Waals surface area contributed by atoms with E-state index in [1.165, 1.54) is 12.8 Å². The molecule has 1 atom stereocenters. The zero-order valence-corrected chi connectivity index (χ0v) is 19.0. The summed E-state index contributed by atoms with van der Waals surface area (Å²) >= 11 is 0. The zero-order valence-electron chi connectivity index (χ0n) is 19.0. The fourth-order valence-electron chi connectivity index (χ4n) is 5.40. The number of likely N-dealkylation sites (tertiary alicyclic amines) is 1. The molecule has 5 rings (SSSR count). The van der Waals surface area contributed by atoms with Gasteiger partial charge in [0.25, 0.3) is 5.91 Å². The maximum absolute atomic E-state index is 13.4. The number of amides is 3. The highest BCUT2D eigenvalue weighted by Crippen LogP contribution is 2.39. The molecule has 1 N–H and O–H groups in total. The number of benzene rings is 2. The summed E-state index contributed by atoms with van der Waals surface area (Å²) in [6.07, 6.45) is 5.95. The average Bonchev–Trinajstić information content (AvgIpc) is 3.45. The molecule has 7 heteroatoms. The number of piperidine rings is 1. The molecule has 2 aliphatic heterocycles. The van der Waals surface area contributed by atoms with Crippen LogP contribution < -0.4 is 15.0 Å². The Bertz CT molecular complexity index is 1060. The lowest BCUT2D eigenvalue weighted by Gasteiger charge is -2.44. The van der Waals surface area contributed by atoms with E-state index in [0.717, 1.165) is 31.4 Å². The van der Waals surface area contributed by atoms with E-state index >= 15 is 0 Å². The van der Waals surface area contributed by atoms with Crippen molar-refractivity contribution in [2.24, 2.45) is 4.99 Å². The molecule has 172 valence electrons. The van der Waals surface area contributed by atoms with Gasteiger partial charge in [0, 0.05) is 18.2 Å². The second-order valence-electron chi connectivity index (χ2n) is 9.11. The summed E-state index contributed by atoms with van der Waals surface area (Å²) < 4.78 is 5.42. The Labute approximate surface area is 194 Å². The van der Waals surface area contributed by atoms with Crippen LogP contribution in [0.4, 0.5) is 10.5 Å². The van der Waals surface area contributed by atoms with Crippen molar-refractivity contribution in [2.75, 3.05) is 25.1 Å². The van der Waals surface area contributed by atoms with E-state index < -0.39 is 5.54 Å². The third-order valence-corrected chi connectivity index (χ3v) is 7.02. The molecule has 3 fully saturated rings. The third-order valence-electron chi connectivity index (χ3n) is 7.02. The van der Waals surface area contributed by atoms with Crippen LogP contribution in [-0.2, 0) is 0 Å². The van der Waals surface area contributed by atoms with Crippen LogP contribution in [0.3, 0.4) is 0 Å². The second-order valence-corrected chi connectivity index (χ2v) is 9.11. The molecule has 2 saturated heterocycles. The molecule has 0 bridgehead atoms. The van der Waals surface area contributed by atoms with Crippen molar-refractivity contribution in [2.45, 2.75) is 50.1 Å². The number of hydrogen-bond donors (Lipinski definition) is 1. The van der Waals surface area contributed by atoms with Gasteiger partial charge in [-0.1, -0.05) is 37.1 Å². The first-order chi connectivity index (χ1) is 16.1. The van der Waals surface area contributed by atoms with Gasteiger partial charge in [0.05, 0.1) is 25.4 Å². The lowest BCUT2D eigenvalue weighted by Crippen LogP contribution is -2.61. The lowest BCUT2D eigenvalue weighted by atomic mass is 9.86. The molecule has 2 aromatic rings.